The molecule has 1 fully saturated rings. The van der Waals surface area contributed by atoms with Crippen molar-refractivity contribution in [3.05, 3.63) is 75.9 Å². The van der Waals surface area contributed by atoms with Crippen molar-refractivity contribution in [3.8, 4) is 0 Å². The summed E-state index contributed by atoms with van der Waals surface area (Å²) in [5.41, 5.74) is 5.31. The molecule has 2 heterocycles. The highest BCUT2D eigenvalue weighted by atomic mass is 79.9. The van der Waals surface area contributed by atoms with Crippen LogP contribution in [-0.4, -0.2) is 42.1 Å². The molecule has 0 unspecified atom stereocenters. The third kappa shape index (κ3) is 5.93. The van der Waals surface area contributed by atoms with E-state index in [1.54, 1.807) is 0 Å². The van der Waals surface area contributed by atoms with Gasteiger partial charge in [0.1, 0.15) is 0 Å². The van der Waals surface area contributed by atoms with Gasteiger partial charge in [-0.05, 0) is 49.6 Å². The Labute approximate surface area is 191 Å². The second kappa shape index (κ2) is 10.1. The molecule has 6 heteroatoms. The average molecular weight is 479 g/mol. The number of piperidine rings is 1. The Morgan fingerprint density at radius 3 is 2.65 bits per heavy atom. The Bertz CT molecular complexity index is 1080. The summed E-state index contributed by atoms with van der Waals surface area (Å²) < 4.78 is 1.10. The summed E-state index contributed by atoms with van der Waals surface area (Å²) in [6.45, 7) is 5.47. The second-order valence-corrected chi connectivity index (χ2v) is 8.82. The third-order valence-corrected chi connectivity index (χ3v) is 6.07. The zero-order chi connectivity index (χ0) is 21.6. The second-order valence-electron chi connectivity index (χ2n) is 7.91. The number of anilines is 1. The van der Waals surface area contributed by atoms with Crippen LogP contribution in [0.5, 0.6) is 0 Å². The fourth-order valence-electron chi connectivity index (χ4n) is 3.91. The molecule has 0 spiro atoms. The van der Waals surface area contributed by atoms with Crippen LogP contribution in [0, 0.1) is 6.92 Å². The minimum Gasteiger partial charge on any atom is -0.337 e. The number of aromatic nitrogens is 1. The topological polar surface area (TPSA) is 57.3 Å². The van der Waals surface area contributed by atoms with Gasteiger partial charge in [0.05, 0.1) is 11.2 Å². The average Bonchev–Trinajstić information content (AvgIpc) is 2.76. The van der Waals surface area contributed by atoms with E-state index in [0.717, 1.165) is 59.2 Å². The maximum Gasteiger partial charge on any atom is 0.319 e. The molecule has 31 heavy (non-hydrogen) atoms. The number of carbonyl (C=O) groups is 1. The van der Waals surface area contributed by atoms with Gasteiger partial charge in [-0.3, -0.25) is 4.98 Å². The number of hydrogen-bond donors (Lipinski definition) is 2. The summed E-state index contributed by atoms with van der Waals surface area (Å²) in [5, 5.41) is 6.92. The predicted octanol–water partition coefficient (Wildman–Crippen LogP) is 5.61. The molecule has 2 aromatic carbocycles. The summed E-state index contributed by atoms with van der Waals surface area (Å²) in [7, 11) is 0. The Hall–Kier alpha value is -2.70. The number of hydrogen-bond acceptors (Lipinski definition) is 3. The van der Waals surface area contributed by atoms with Crippen LogP contribution >= 0.6 is 15.9 Å². The number of amides is 2. The molecule has 1 aliphatic heterocycles. The highest BCUT2D eigenvalue weighted by Crippen LogP contribution is 2.23. The third-order valence-electron chi connectivity index (χ3n) is 5.55. The Morgan fingerprint density at radius 1 is 1.13 bits per heavy atom. The van der Waals surface area contributed by atoms with E-state index in [1.165, 1.54) is 11.1 Å². The van der Waals surface area contributed by atoms with E-state index in [2.05, 4.69) is 66.8 Å². The van der Waals surface area contributed by atoms with Gasteiger partial charge in [0, 0.05) is 41.7 Å². The monoisotopic (exact) mass is 478 g/mol. The van der Waals surface area contributed by atoms with E-state index >= 15 is 0 Å². The van der Waals surface area contributed by atoms with Crippen LogP contribution in [-0.2, 0) is 0 Å². The summed E-state index contributed by atoms with van der Waals surface area (Å²) >= 11 is 3.48. The SMILES string of the molecule is Cc1cc(NC(=O)NCCN2CCC(=Cc3ccc(Br)cc3)CC2)c2ccccc2n1. The standard InChI is InChI=1S/C25H27BrN4O/c1-18-16-24(22-4-2-3-5-23(22)28-18)29-25(31)27-12-15-30-13-10-20(11-14-30)17-19-6-8-21(26)9-7-19/h2-9,16-17H,10-15H2,1H3,(H2,27,28,29,31). The first-order valence-electron chi connectivity index (χ1n) is 10.7. The molecule has 4 rings (SSSR count). The first kappa shape index (κ1) is 21.5. The lowest BCUT2D eigenvalue weighted by Gasteiger charge is -2.28. The zero-order valence-corrected chi connectivity index (χ0v) is 19.3. The van der Waals surface area contributed by atoms with Gasteiger partial charge < -0.3 is 15.5 Å². The van der Waals surface area contributed by atoms with Crippen LogP contribution in [0.3, 0.4) is 0 Å². The zero-order valence-electron chi connectivity index (χ0n) is 17.7. The van der Waals surface area contributed by atoms with Crippen LogP contribution in [0.4, 0.5) is 10.5 Å². The fourth-order valence-corrected chi connectivity index (χ4v) is 4.17. The molecule has 160 valence electrons. The maximum absolute atomic E-state index is 12.4. The number of rotatable bonds is 5. The van der Waals surface area contributed by atoms with Gasteiger partial charge in [-0.15, -0.1) is 0 Å². The summed E-state index contributed by atoms with van der Waals surface area (Å²) in [5.74, 6) is 0. The number of pyridine rings is 1. The molecular weight excluding hydrogens is 452 g/mol. The normalized spacial score (nSPS) is 14.5. The Kier molecular flexibility index (Phi) is 6.99. The number of fused-ring (bicyclic) bond motifs is 1. The number of nitrogens with one attached hydrogen (secondary N) is 2. The van der Waals surface area contributed by atoms with Crippen molar-refractivity contribution in [2.75, 3.05) is 31.5 Å². The summed E-state index contributed by atoms with van der Waals surface area (Å²) in [4.78, 5) is 19.3. The molecule has 3 aromatic rings. The molecule has 0 aliphatic carbocycles. The number of para-hydroxylation sites is 1. The molecule has 0 radical (unpaired) electrons. The number of aryl methyl sites for hydroxylation is 1. The quantitative estimate of drug-likeness (QED) is 0.501. The van der Waals surface area contributed by atoms with Gasteiger partial charge in [0.15, 0.2) is 0 Å². The molecule has 2 amide bonds. The van der Waals surface area contributed by atoms with Crippen LogP contribution in [0.15, 0.2) is 64.6 Å². The van der Waals surface area contributed by atoms with Crippen molar-refractivity contribution >= 4 is 44.6 Å². The minimum atomic E-state index is -0.177. The van der Waals surface area contributed by atoms with Gasteiger partial charge in [0.25, 0.3) is 0 Å². The number of likely N-dealkylation sites (tertiary alicyclic amines) is 1. The van der Waals surface area contributed by atoms with E-state index in [9.17, 15) is 4.79 Å². The largest absolute Gasteiger partial charge is 0.337 e. The number of benzene rings is 2. The molecular formula is C25H27BrN4O. The van der Waals surface area contributed by atoms with Gasteiger partial charge in [-0.1, -0.05) is 57.9 Å². The molecule has 1 saturated heterocycles. The summed E-state index contributed by atoms with van der Waals surface area (Å²) in [6.07, 6.45) is 4.45. The van der Waals surface area contributed by atoms with E-state index < -0.39 is 0 Å². The van der Waals surface area contributed by atoms with Crippen molar-refractivity contribution in [2.45, 2.75) is 19.8 Å². The van der Waals surface area contributed by atoms with Crippen molar-refractivity contribution in [1.82, 2.24) is 15.2 Å². The van der Waals surface area contributed by atoms with Crippen molar-refractivity contribution in [3.63, 3.8) is 0 Å². The lowest BCUT2D eigenvalue weighted by atomic mass is 10.0. The van der Waals surface area contributed by atoms with E-state index in [-0.39, 0.29) is 6.03 Å². The van der Waals surface area contributed by atoms with Crippen LogP contribution < -0.4 is 10.6 Å². The van der Waals surface area contributed by atoms with Crippen LogP contribution in [0.1, 0.15) is 24.1 Å². The first-order chi connectivity index (χ1) is 15.1. The van der Waals surface area contributed by atoms with Gasteiger partial charge in [-0.2, -0.15) is 0 Å². The Balaban J connectivity index is 1.23. The molecule has 1 aliphatic rings. The minimum absolute atomic E-state index is 0.177. The van der Waals surface area contributed by atoms with Gasteiger partial charge in [0.2, 0.25) is 0 Å². The Morgan fingerprint density at radius 2 is 1.87 bits per heavy atom. The van der Waals surface area contributed by atoms with E-state index in [4.69, 9.17) is 0 Å². The molecule has 5 nitrogen and oxygen atoms in total. The fraction of sp³-hybridized carbons (Fsp3) is 0.280. The van der Waals surface area contributed by atoms with Crippen molar-refractivity contribution in [1.29, 1.82) is 0 Å². The van der Waals surface area contributed by atoms with Crippen molar-refractivity contribution < 1.29 is 4.79 Å². The summed E-state index contributed by atoms with van der Waals surface area (Å²) in [6, 6.07) is 18.0. The van der Waals surface area contributed by atoms with Gasteiger partial charge in [-0.25, -0.2) is 4.79 Å². The molecule has 0 bridgehead atoms. The maximum atomic E-state index is 12.4. The molecule has 0 atom stereocenters. The highest BCUT2D eigenvalue weighted by Gasteiger charge is 2.14. The number of halogens is 1. The van der Waals surface area contributed by atoms with E-state index in [1.807, 2.05) is 37.3 Å². The molecule has 2 N–H and O–H groups in total. The molecule has 1 aromatic heterocycles. The molecule has 0 saturated carbocycles. The highest BCUT2D eigenvalue weighted by molar-refractivity contribution is 9.10. The number of carbonyl (C=O) groups excluding carboxylic acids is 1. The predicted molar refractivity (Wildman–Crippen MR) is 131 cm³/mol. The lowest BCUT2D eigenvalue weighted by Crippen LogP contribution is -2.39. The smallest absolute Gasteiger partial charge is 0.319 e. The van der Waals surface area contributed by atoms with Crippen LogP contribution in [0.2, 0.25) is 0 Å². The lowest BCUT2D eigenvalue weighted by molar-refractivity contribution is 0.240. The number of urea groups is 1. The first-order valence-corrected chi connectivity index (χ1v) is 11.4. The van der Waals surface area contributed by atoms with Crippen molar-refractivity contribution in [2.24, 2.45) is 0 Å². The number of nitrogens with zero attached hydrogens (tertiary/aromatic N) is 2. The van der Waals surface area contributed by atoms with E-state index in [0.29, 0.717) is 6.54 Å². The van der Waals surface area contributed by atoms with Gasteiger partial charge >= 0.3 is 6.03 Å². The van der Waals surface area contributed by atoms with Crippen LogP contribution in [0.25, 0.3) is 17.0 Å².